The normalized spacial score (nSPS) is 15.3. The highest BCUT2D eigenvalue weighted by Crippen LogP contribution is 2.18. The Morgan fingerprint density at radius 2 is 2.11 bits per heavy atom. The average molecular weight is 257 g/mol. The van der Waals surface area contributed by atoms with E-state index in [0.29, 0.717) is 18.7 Å². The Hall–Kier alpha value is -1.89. The zero-order chi connectivity index (χ0) is 13.9. The molecule has 4 heteroatoms. The van der Waals surface area contributed by atoms with E-state index < -0.39 is 0 Å². The molecule has 1 aliphatic heterocycles. The fourth-order valence-corrected chi connectivity index (χ4v) is 1.90. The van der Waals surface area contributed by atoms with Gasteiger partial charge in [-0.3, -0.25) is 4.79 Å². The number of likely N-dealkylation sites (tertiary alicyclic amines) is 1. The molecule has 1 fully saturated rings. The number of rotatable bonds is 1. The van der Waals surface area contributed by atoms with Crippen LogP contribution in [-0.2, 0) is 10.2 Å². The topological polar surface area (TPSA) is 46.1 Å². The molecule has 2 heterocycles. The van der Waals surface area contributed by atoms with E-state index in [4.69, 9.17) is 0 Å². The van der Waals surface area contributed by atoms with Crippen LogP contribution < -0.4 is 0 Å². The van der Waals surface area contributed by atoms with Crippen molar-refractivity contribution in [1.29, 1.82) is 0 Å². The molecule has 0 radical (unpaired) electrons. The first-order valence-corrected chi connectivity index (χ1v) is 6.58. The molecule has 1 amide bonds. The van der Waals surface area contributed by atoms with Crippen molar-refractivity contribution in [3.8, 4) is 11.8 Å². The minimum absolute atomic E-state index is 0.000921. The lowest BCUT2D eigenvalue weighted by atomic mass is 9.92. The Kier molecular flexibility index (Phi) is 3.84. The van der Waals surface area contributed by atoms with E-state index in [1.54, 1.807) is 4.90 Å². The van der Waals surface area contributed by atoms with E-state index >= 15 is 0 Å². The third kappa shape index (κ3) is 3.54. The van der Waals surface area contributed by atoms with Gasteiger partial charge in [-0.2, -0.15) is 5.10 Å². The SMILES string of the molecule is CC(C)(C)c1ccc(C#CCN2CCCC2=O)nn1. The Morgan fingerprint density at radius 3 is 2.63 bits per heavy atom. The molecule has 2 rings (SSSR count). The maximum Gasteiger partial charge on any atom is 0.223 e. The summed E-state index contributed by atoms with van der Waals surface area (Å²) in [5.41, 5.74) is 1.61. The van der Waals surface area contributed by atoms with Gasteiger partial charge in [-0.25, -0.2) is 0 Å². The van der Waals surface area contributed by atoms with E-state index in [2.05, 4.69) is 42.8 Å². The highest BCUT2D eigenvalue weighted by Gasteiger charge is 2.18. The van der Waals surface area contributed by atoms with Gasteiger partial charge in [-0.05, 0) is 24.5 Å². The summed E-state index contributed by atoms with van der Waals surface area (Å²) in [4.78, 5) is 13.2. The summed E-state index contributed by atoms with van der Waals surface area (Å²) in [6.45, 7) is 7.60. The number of nitrogens with zero attached hydrogens (tertiary/aromatic N) is 3. The highest BCUT2D eigenvalue weighted by molar-refractivity contribution is 5.78. The van der Waals surface area contributed by atoms with E-state index in [9.17, 15) is 4.79 Å². The lowest BCUT2D eigenvalue weighted by Gasteiger charge is -2.15. The molecule has 0 unspecified atom stereocenters. The van der Waals surface area contributed by atoms with E-state index in [1.165, 1.54) is 0 Å². The first-order valence-electron chi connectivity index (χ1n) is 6.58. The summed E-state index contributed by atoms with van der Waals surface area (Å²) in [6, 6.07) is 3.84. The zero-order valence-electron chi connectivity index (χ0n) is 11.7. The Morgan fingerprint density at radius 1 is 1.32 bits per heavy atom. The van der Waals surface area contributed by atoms with E-state index in [-0.39, 0.29) is 11.3 Å². The Labute approximate surface area is 114 Å². The van der Waals surface area contributed by atoms with Crippen LogP contribution in [0.1, 0.15) is 45.0 Å². The van der Waals surface area contributed by atoms with Crippen LogP contribution in [0, 0.1) is 11.8 Å². The molecule has 0 saturated carbocycles. The summed E-state index contributed by atoms with van der Waals surface area (Å²) in [7, 11) is 0. The first kappa shape index (κ1) is 13.5. The highest BCUT2D eigenvalue weighted by atomic mass is 16.2. The molecule has 100 valence electrons. The van der Waals surface area contributed by atoms with Crippen molar-refractivity contribution >= 4 is 5.91 Å². The van der Waals surface area contributed by atoms with Gasteiger partial charge in [0, 0.05) is 18.4 Å². The van der Waals surface area contributed by atoms with Gasteiger partial charge >= 0.3 is 0 Å². The van der Waals surface area contributed by atoms with Crippen LogP contribution in [0.15, 0.2) is 12.1 Å². The van der Waals surface area contributed by atoms with Gasteiger partial charge in [0.1, 0.15) is 5.69 Å². The van der Waals surface area contributed by atoms with Gasteiger partial charge in [0.05, 0.1) is 12.2 Å². The van der Waals surface area contributed by atoms with Crippen LogP contribution in [-0.4, -0.2) is 34.1 Å². The molecular formula is C15H19N3O. The number of aromatic nitrogens is 2. The molecule has 1 aromatic heterocycles. The van der Waals surface area contributed by atoms with Crippen molar-refractivity contribution in [3.05, 3.63) is 23.5 Å². The fourth-order valence-electron chi connectivity index (χ4n) is 1.90. The van der Waals surface area contributed by atoms with E-state index in [1.807, 2.05) is 12.1 Å². The van der Waals surface area contributed by atoms with Crippen LogP contribution in [0.4, 0.5) is 0 Å². The molecule has 1 saturated heterocycles. The van der Waals surface area contributed by atoms with Crippen LogP contribution in [0.5, 0.6) is 0 Å². The van der Waals surface area contributed by atoms with Crippen molar-refractivity contribution in [2.45, 2.75) is 39.0 Å². The molecular weight excluding hydrogens is 238 g/mol. The Bertz CT molecular complexity index is 517. The molecule has 1 aliphatic rings. The molecule has 0 aromatic carbocycles. The van der Waals surface area contributed by atoms with Gasteiger partial charge in [0.25, 0.3) is 0 Å². The molecule has 19 heavy (non-hydrogen) atoms. The second-order valence-electron chi connectivity index (χ2n) is 5.77. The minimum atomic E-state index is 0.000921. The number of hydrogen-bond donors (Lipinski definition) is 0. The summed E-state index contributed by atoms with van der Waals surface area (Å²) < 4.78 is 0. The van der Waals surface area contributed by atoms with Gasteiger partial charge in [-0.15, -0.1) is 5.10 Å². The van der Waals surface area contributed by atoms with Crippen molar-refractivity contribution in [2.75, 3.05) is 13.1 Å². The maximum absolute atomic E-state index is 11.4. The van der Waals surface area contributed by atoms with Crippen LogP contribution in [0.2, 0.25) is 0 Å². The monoisotopic (exact) mass is 257 g/mol. The predicted molar refractivity (Wildman–Crippen MR) is 73.4 cm³/mol. The lowest BCUT2D eigenvalue weighted by Crippen LogP contribution is -2.24. The molecule has 0 spiro atoms. The first-order chi connectivity index (χ1) is 8.97. The van der Waals surface area contributed by atoms with Gasteiger partial charge in [0.15, 0.2) is 0 Å². The summed E-state index contributed by atoms with van der Waals surface area (Å²) in [6.07, 6.45) is 1.60. The van der Waals surface area contributed by atoms with Crippen molar-refractivity contribution < 1.29 is 4.79 Å². The summed E-state index contributed by atoms with van der Waals surface area (Å²) >= 11 is 0. The smallest absolute Gasteiger partial charge is 0.223 e. The number of carbonyl (C=O) groups is 1. The van der Waals surface area contributed by atoms with Crippen LogP contribution >= 0.6 is 0 Å². The molecule has 0 bridgehead atoms. The van der Waals surface area contributed by atoms with Gasteiger partial charge < -0.3 is 4.90 Å². The molecule has 0 N–H and O–H groups in total. The molecule has 0 atom stereocenters. The van der Waals surface area contributed by atoms with Crippen molar-refractivity contribution in [1.82, 2.24) is 15.1 Å². The third-order valence-electron chi connectivity index (χ3n) is 3.09. The summed E-state index contributed by atoms with van der Waals surface area (Å²) in [5.74, 6) is 6.14. The lowest BCUT2D eigenvalue weighted by molar-refractivity contribution is -0.127. The van der Waals surface area contributed by atoms with Gasteiger partial charge in [0.2, 0.25) is 5.91 Å². The third-order valence-corrected chi connectivity index (χ3v) is 3.09. The number of amides is 1. The van der Waals surface area contributed by atoms with Crippen molar-refractivity contribution in [2.24, 2.45) is 0 Å². The second-order valence-corrected chi connectivity index (χ2v) is 5.77. The fraction of sp³-hybridized carbons (Fsp3) is 0.533. The van der Waals surface area contributed by atoms with Gasteiger partial charge in [-0.1, -0.05) is 26.7 Å². The van der Waals surface area contributed by atoms with E-state index in [0.717, 1.165) is 18.7 Å². The largest absolute Gasteiger partial charge is 0.332 e. The summed E-state index contributed by atoms with van der Waals surface area (Å²) in [5, 5.41) is 8.28. The average Bonchev–Trinajstić information content (AvgIpc) is 2.75. The number of carbonyl (C=O) groups excluding carboxylic acids is 1. The maximum atomic E-state index is 11.4. The molecule has 4 nitrogen and oxygen atoms in total. The second kappa shape index (κ2) is 5.40. The quantitative estimate of drug-likeness (QED) is 0.720. The van der Waals surface area contributed by atoms with Crippen LogP contribution in [0.3, 0.4) is 0 Å². The van der Waals surface area contributed by atoms with Crippen molar-refractivity contribution in [3.63, 3.8) is 0 Å². The standard InChI is InChI=1S/C15H19N3O/c1-15(2,3)13-9-8-12(16-17-13)6-4-10-18-11-5-7-14(18)19/h8-9H,5,7,10-11H2,1-3H3. The Balaban J connectivity index is 1.98. The zero-order valence-corrected chi connectivity index (χ0v) is 11.7. The predicted octanol–water partition coefficient (Wildman–Crippen LogP) is 1.75. The minimum Gasteiger partial charge on any atom is -0.332 e. The molecule has 1 aromatic rings. The number of hydrogen-bond acceptors (Lipinski definition) is 3. The van der Waals surface area contributed by atoms with Crippen LogP contribution in [0.25, 0.3) is 0 Å². The molecule has 0 aliphatic carbocycles.